The predicted octanol–water partition coefficient (Wildman–Crippen LogP) is 4.19. The third-order valence-electron chi connectivity index (χ3n) is 4.11. The summed E-state index contributed by atoms with van der Waals surface area (Å²) >= 11 is 8.49. The molecule has 0 spiro atoms. The van der Waals surface area contributed by atoms with Crippen LogP contribution in [0.5, 0.6) is 0 Å². The maximum atomic E-state index is 12.2. The van der Waals surface area contributed by atoms with Gasteiger partial charge < -0.3 is 10.2 Å². The van der Waals surface area contributed by atoms with Crippen molar-refractivity contribution in [1.82, 2.24) is 4.90 Å². The second kappa shape index (κ2) is 9.40. The van der Waals surface area contributed by atoms with Crippen LogP contribution >= 0.6 is 35.3 Å². The molecular weight excluding hydrogens is 358 g/mol. The van der Waals surface area contributed by atoms with Crippen molar-refractivity contribution in [3.05, 3.63) is 16.0 Å². The Hall–Kier alpha value is -1.10. The lowest BCUT2D eigenvalue weighted by Crippen LogP contribution is -2.27. The Morgan fingerprint density at radius 1 is 1.38 bits per heavy atom. The van der Waals surface area contributed by atoms with Crippen LogP contribution in [0, 0.1) is 11.3 Å². The highest BCUT2D eigenvalue weighted by molar-refractivity contribution is 8.22. The zero-order valence-electron chi connectivity index (χ0n) is 14.2. The number of thiocarbonyl (C=S) groups is 1. The van der Waals surface area contributed by atoms with Crippen molar-refractivity contribution in [2.24, 2.45) is 0 Å². The Kier molecular flexibility index (Phi) is 7.53. The smallest absolute Gasteiger partial charge is 0.225 e. The fraction of sp³-hybridized carbons (Fsp3) is 0.588. The zero-order valence-corrected chi connectivity index (χ0v) is 16.6. The van der Waals surface area contributed by atoms with Crippen molar-refractivity contribution in [3.8, 4) is 6.07 Å². The summed E-state index contributed by atoms with van der Waals surface area (Å²) in [6.45, 7) is 5.93. The Bertz CT molecular complexity index is 644. The van der Waals surface area contributed by atoms with Crippen molar-refractivity contribution in [2.75, 3.05) is 24.2 Å². The number of aryl methyl sites for hydroxylation is 1. The van der Waals surface area contributed by atoms with Gasteiger partial charge in [-0.1, -0.05) is 24.0 Å². The molecule has 0 saturated heterocycles. The van der Waals surface area contributed by atoms with Crippen molar-refractivity contribution < 1.29 is 4.79 Å². The molecule has 1 aromatic heterocycles. The summed E-state index contributed by atoms with van der Waals surface area (Å²) < 4.78 is 0.845. The molecule has 1 aromatic rings. The second-order valence-electron chi connectivity index (χ2n) is 5.61. The van der Waals surface area contributed by atoms with Crippen molar-refractivity contribution in [2.45, 2.75) is 46.0 Å². The minimum absolute atomic E-state index is 0.0417. The standard InChI is InChI=1S/C17H23N3OS3/c1-3-20(4-2)17(22)23-10-9-15(21)19-16-13(11-18)12-7-5-6-8-14(12)24-16/h3-10H2,1-2H3,(H,19,21). The number of hydrogen-bond donors (Lipinski definition) is 1. The van der Waals surface area contributed by atoms with Crippen LogP contribution in [0.15, 0.2) is 0 Å². The van der Waals surface area contributed by atoms with Crippen LogP contribution in [-0.2, 0) is 17.6 Å². The number of nitrogens with zero attached hydrogens (tertiary/aromatic N) is 2. The number of thioether (sulfide) groups is 1. The zero-order chi connectivity index (χ0) is 17.5. The van der Waals surface area contributed by atoms with Gasteiger partial charge in [-0.25, -0.2) is 0 Å². The molecule has 130 valence electrons. The third-order valence-corrected chi connectivity index (χ3v) is 6.84. The number of carbonyl (C=O) groups excluding carboxylic acids is 1. The van der Waals surface area contributed by atoms with Gasteiger partial charge in [0, 0.05) is 30.1 Å². The molecule has 0 fully saturated rings. The molecule has 0 saturated carbocycles. The van der Waals surface area contributed by atoms with E-state index in [0.717, 1.165) is 47.2 Å². The first-order valence-electron chi connectivity index (χ1n) is 8.36. The minimum atomic E-state index is -0.0417. The van der Waals surface area contributed by atoms with E-state index >= 15 is 0 Å². The molecule has 4 nitrogen and oxygen atoms in total. The molecule has 1 N–H and O–H groups in total. The molecule has 1 aliphatic rings. The number of thiophene rings is 1. The fourth-order valence-corrected chi connectivity index (χ4v) is 5.43. The van der Waals surface area contributed by atoms with Crippen LogP contribution in [-0.4, -0.2) is 34.0 Å². The molecule has 0 unspecified atom stereocenters. The molecule has 0 radical (unpaired) electrons. The van der Waals surface area contributed by atoms with Crippen LogP contribution in [0.25, 0.3) is 0 Å². The minimum Gasteiger partial charge on any atom is -0.358 e. The molecule has 7 heteroatoms. The number of hydrogen-bond acceptors (Lipinski definition) is 5. The van der Waals surface area contributed by atoms with Gasteiger partial charge in [0.25, 0.3) is 0 Å². The quantitative estimate of drug-likeness (QED) is 0.749. The van der Waals surface area contributed by atoms with E-state index < -0.39 is 0 Å². The molecule has 1 heterocycles. The first-order chi connectivity index (χ1) is 11.6. The van der Waals surface area contributed by atoms with Gasteiger partial charge in [0.1, 0.15) is 15.4 Å². The number of nitrogens with one attached hydrogen (secondary N) is 1. The van der Waals surface area contributed by atoms with Gasteiger partial charge in [-0.05, 0) is 45.1 Å². The molecule has 0 bridgehead atoms. The highest BCUT2D eigenvalue weighted by atomic mass is 32.2. The van der Waals surface area contributed by atoms with Crippen molar-refractivity contribution in [3.63, 3.8) is 0 Å². The summed E-state index contributed by atoms with van der Waals surface area (Å²) in [6, 6.07) is 2.28. The predicted molar refractivity (Wildman–Crippen MR) is 107 cm³/mol. The van der Waals surface area contributed by atoms with E-state index in [4.69, 9.17) is 12.2 Å². The van der Waals surface area contributed by atoms with Crippen LogP contribution < -0.4 is 5.32 Å². The van der Waals surface area contributed by atoms with Gasteiger partial charge in [0.15, 0.2) is 0 Å². The number of anilines is 1. The monoisotopic (exact) mass is 381 g/mol. The summed E-state index contributed by atoms with van der Waals surface area (Å²) in [5, 5.41) is 13.1. The Morgan fingerprint density at radius 3 is 2.75 bits per heavy atom. The molecule has 0 aromatic carbocycles. The molecule has 0 aliphatic heterocycles. The topological polar surface area (TPSA) is 56.1 Å². The normalized spacial score (nSPS) is 13.0. The molecule has 24 heavy (non-hydrogen) atoms. The first kappa shape index (κ1) is 19.2. The number of nitriles is 1. The van der Waals surface area contributed by atoms with Crippen LogP contribution in [0.3, 0.4) is 0 Å². The molecule has 1 aliphatic carbocycles. The highest BCUT2D eigenvalue weighted by Crippen LogP contribution is 2.37. The molecule has 0 atom stereocenters. The van der Waals surface area contributed by atoms with E-state index in [0.29, 0.717) is 17.7 Å². The van der Waals surface area contributed by atoms with Crippen LogP contribution in [0.1, 0.15) is 49.1 Å². The van der Waals surface area contributed by atoms with Gasteiger partial charge in [-0.2, -0.15) is 5.26 Å². The van der Waals surface area contributed by atoms with E-state index in [9.17, 15) is 10.1 Å². The van der Waals surface area contributed by atoms with E-state index in [-0.39, 0.29) is 5.91 Å². The Balaban J connectivity index is 1.88. The summed E-state index contributed by atoms with van der Waals surface area (Å²) in [4.78, 5) is 15.6. The summed E-state index contributed by atoms with van der Waals surface area (Å²) in [5.74, 6) is 0.619. The SMILES string of the molecule is CCN(CC)C(=S)SCCC(=O)Nc1sc2c(c1C#N)CCCC2. The van der Waals surface area contributed by atoms with Gasteiger partial charge in [0.05, 0.1) is 5.56 Å². The van der Waals surface area contributed by atoms with Gasteiger partial charge in [-0.15, -0.1) is 11.3 Å². The van der Waals surface area contributed by atoms with E-state index in [2.05, 4.69) is 30.1 Å². The van der Waals surface area contributed by atoms with Crippen LogP contribution in [0.4, 0.5) is 5.00 Å². The average Bonchev–Trinajstić information content (AvgIpc) is 2.92. The Morgan fingerprint density at radius 2 is 2.08 bits per heavy atom. The molecule has 1 amide bonds. The number of amides is 1. The lowest BCUT2D eigenvalue weighted by Gasteiger charge is -2.20. The Labute approximate surface area is 157 Å². The summed E-state index contributed by atoms with van der Waals surface area (Å²) in [7, 11) is 0. The van der Waals surface area contributed by atoms with E-state index in [1.807, 2.05) is 0 Å². The van der Waals surface area contributed by atoms with Gasteiger partial charge >= 0.3 is 0 Å². The highest BCUT2D eigenvalue weighted by Gasteiger charge is 2.21. The maximum Gasteiger partial charge on any atom is 0.225 e. The van der Waals surface area contributed by atoms with Crippen molar-refractivity contribution in [1.29, 1.82) is 5.26 Å². The van der Waals surface area contributed by atoms with Gasteiger partial charge in [-0.3, -0.25) is 4.79 Å². The lowest BCUT2D eigenvalue weighted by molar-refractivity contribution is -0.115. The molecular formula is C17H23N3OS3. The van der Waals surface area contributed by atoms with E-state index in [1.165, 1.54) is 11.3 Å². The number of carbonyl (C=O) groups is 1. The van der Waals surface area contributed by atoms with Crippen molar-refractivity contribution >= 4 is 50.5 Å². The maximum absolute atomic E-state index is 12.2. The fourth-order valence-electron chi connectivity index (χ4n) is 2.77. The van der Waals surface area contributed by atoms with Gasteiger partial charge in [0.2, 0.25) is 5.91 Å². The number of fused-ring (bicyclic) bond motifs is 1. The lowest BCUT2D eigenvalue weighted by atomic mass is 9.96. The summed E-state index contributed by atoms with van der Waals surface area (Å²) in [5.41, 5.74) is 1.83. The number of rotatable bonds is 6. The molecule has 2 rings (SSSR count). The largest absolute Gasteiger partial charge is 0.358 e. The van der Waals surface area contributed by atoms with Crippen LogP contribution in [0.2, 0.25) is 0 Å². The first-order valence-corrected chi connectivity index (χ1v) is 10.6. The summed E-state index contributed by atoms with van der Waals surface area (Å²) in [6.07, 6.45) is 4.69. The average molecular weight is 382 g/mol. The second-order valence-corrected chi connectivity index (χ2v) is 8.45. The third kappa shape index (κ3) is 4.71. The van der Waals surface area contributed by atoms with E-state index in [1.54, 1.807) is 23.1 Å².